The smallest absolute Gasteiger partial charge is 0.303 e. The monoisotopic (exact) mass is 1980 g/mol. The van der Waals surface area contributed by atoms with Crippen molar-refractivity contribution in [2.75, 3.05) is 43.2 Å². The zero-order valence-electron chi connectivity index (χ0n) is 76.6. The SMILES string of the molecule is CSCC[C@H](NC(=O)[C@H](CS)NC(=O)[C@H](Cc1cnc[nH]1)NC(=O)[C@@H](NC(=O)[C@H](CO)NC(=O)CNC(C)=O)C(C)C)C(=O)N[C@H](C(=O)N[C@@H](Cc1c[nH]c2ccccc12)C(=O)N[C@@H](CCC(=O)O)C(=O)N[C@@H](CS)C(=O)N[C@@H](Cc1ccc(O)cc1)C(=O)N[C@@H](Cc1c[nH]c2ccccc12)C(=O)N[C@@H](Cc1cnc[nH]1)C(=O)N[C@H](C(=O)N[C@@H](Cc1ccccc1)C(=O)NCC(N)=O)[C@@H](C)O)[C@@H](C)O. The van der Waals surface area contributed by atoms with E-state index in [0.29, 0.717) is 49.8 Å². The van der Waals surface area contributed by atoms with Crippen molar-refractivity contribution in [1.82, 2.24) is 115 Å². The van der Waals surface area contributed by atoms with Gasteiger partial charge in [0.1, 0.15) is 90.3 Å². The molecule has 0 saturated heterocycles. The van der Waals surface area contributed by atoms with Gasteiger partial charge < -0.3 is 136 Å². The van der Waals surface area contributed by atoms with E-state index in [0.717, 1.165) is 13.8 Å². The third kappa shape index (κ3) is 34.4. The van der Waals surface area contributed by atoms with Gasteiger partial charge >= 0.3 is 5.97 Å². The van der Waals surface area contributed by atoms with E-state index >= 15 is 14.4 Å². The van der Waals surface area contributed by atoms with Crippen molar-refractivity contribution in [1.29, 1.82) is 0 Å². The summed E-state index contributed by atoms with van der Waals surface area (Å²) in [7, 11) is 0. The number of carbonyl (C=O) groups excluding carboxylic acids is 17. The number of thiol groups is 2. The minimum Gasteiger partial charge on any atom is -0.508 e. The molecule has 0 spiro atoms. The number of phenolic OH excluding ortho intramolecular Hbond substituents is 1. The Morgan fingerprint density at radius 1 is 0.403 bits per heavy atom. The number of carboxylic acids is 1. The summed E-state index contributed by atoms with van der Waals surface area (Å²) in [4.78, 5) is 272. The molecular formula is C90H117N23O23S3. The van der Waals surface area contributed by atoms with Crippen molar-refractivity contribution in [3.63, 3.8) is 0 Å². The standard InChI is InChI=1S/C90H117N23O23S3/c1-45(2)74(111-85(131)68(40-114)100-72(120)39-94-48(5)117)88(134)108-66(32-53-36-92-43-98-53)83(129)110-69(41-137)86(132)102-61(26-27-139-6)79(125)112-75(46(3)115)90(136)107-65(31-52-35-96-59-19-13-11-17-57(52)59)81(127)101-60(24-25-73(121)122)78(124)109-70(42-138)87(133)103-63(29-50-20-22-55(118)23-21-50)80(126)104-64(30-51-34-95-58-18-12-10-16-56(51)58)82(128)105-67(33-54-37-93-44-99-54)84(130)113-76(47(4)116)89(135)106-62(77(123)97-38-71(91)119)28-49-14-8-7-9-15-49/h7-23,34-37,43-47,60-70,74-76,95-96,114-116,118,137-138H,24-33,38-42H2,1-6H3,(H2,91,119)(H,92,98)(H,93,99)(H,94,117)(H,97,123)(H,100,120)(H,101,127)(H,102,132)(H,103,133)(H,104,126)(H,105,128)(H,106,135)(H,107,136)(H,108,134)(H,109,124)(H,110,129)(H,111,131)(H,112,125)(H,113,130)(H,121,122)/t46-,47-,60+,61+,62+,63+,64+,65+,66+,67+,68+,69+,70+,74+,75+,76+/m1/s1. The summed E-state index contributed by atoms with van der Waals surface area (Å²) in [5, 5.41) is 94.0. The largest absolute Gasteiger partial charge is 0.508 e. The Morgan fingerprint density at radius 3 is 1.19 bits per heavy atom. The Bertz CT molecular complexity index is 5570. The number of benzene rings is 4. The van der Waals surface area contributed by atoms with Crippen LogP contribution in [0.15, 0.2) is 141 Å². The molecule has 16 atom stereocenters. The molecule has 0 unspecified atom stereocenters. The minimum atomic E-state index is -1.96. The minimum absolute atomic E-state index is 0.130. The molecule has 0 fully saturated rings. The second kappa shape index (κ2) is 54.5. The van der Waals surface area contributed by atoms with Crippen LogP contribution in [-0.2, 0) is 125 Å². The normalized spacial score (nSPS) is 14.7. The van der Waals surface area contributed by atoms with Crippen LogP contribution in [0, 0.1) is 5.92 Å². The first-order chi connectivity index (χ1) is 66.3. The molecule has 139 heavy (non-hydrogen) atoms. The fourth-order valence-electron chi connectivity index (χ4n) is 14.4. The molecule has 0 aliphatic heterocycles. The first-order valence-electron chi connectivity index (χ1n) is 44.1. The van der Waals surface area contributed by atoms with Crippen molar-refractivity contribution >= 4 is 165 Å². The number of nitrogens with one attached hydrogen (secondary N) is 20. The second-order valence-electron chi connectivity index (χ2n) is 33.0. The molecule has 46 nitrogen and oxygen atoms in total. The Hall–Kier alpha value is -14.4. The summed E-state index contributed by atoms with van der Waals surface area (Å²) >= 11 is 9.95. The first-order valence-corrected chi connectivity index (χ1v) is 46.7. The van der Waals surface area contributed by atoms with Gasteiger partial charge in [0.15, 0.2) is 0 Å². The fraction of sp³-hybridized carbons (Fsp3) is 0.422. The molecule has 0 saturated carbocycles. The van der Waals surface area contributed by atoms with Gasteiger partial charge in [0, 0.05) is 121 Å². The predicted octanol–water partition coefficient (Wildman–Crippen LogP) is -5.03. The van der Waals surface area contributed by atoms with Gasteiger partial charge in [0.05, 0.1) is 44.6 Å². The van der Waals surface area contributed by atoms with Gasteiger partial charge in [-0.05, 0) is 91.1 Å². The lowest BCUT2D eigenvalue weighted by atomic mass is 10.0. The summed E-state index contributed by atoms with van der Waals surface area (Å²) in [6, 6.07) is 4.08. The van der Waals surface area contributed by atoms with E-state index in [-0.39, 0.29) is 49.3 Å². The van der Waals surface area contributed by atoms with Crippen molar-refractivity contribution in [2.45, 2.75) is 189 Å². The fourth-order valence-corrected chi connectivity index (χ4v) is 15.4. The van der Waals surface area contributed by atoms with E-state index in [1.165, 1.54) is 74.2 Å². The van der Waals surface area contributed by atoms with E-state index in [1.807, 2.05) is 0 Å². The maximum absolute atomic E-state index is 15.3. The highest BCUT2D eigenvalue weighted by atomic mass is 32.2. The highest BCUT2D eigenvalue weighted by Crippen LogP contribution is 2.23. The van der Waals surface area contributed by atoms with Crippen molar-refractivity contribution in [3.8, 4) is 5.75 Å². The van der Waals surface area contributed by atoms with Crippen molar-refractivity contribution < 1.29 is 112 Å². The van der Waals surface area contributed by atoms with Gasteiger partial charge in [0.25, 0.3) is 0 Å². The molecule has 0 bridgehead atoms. The molecule has 4 aromatic heterocycles. The summed E-state index contributed by atoms with van der Waals surface area (Å²) in [6.45, 7) is 4.50. The average molecular weight is 1990 g/mol. The molecule has 0 radical (unpaired) electrons. The zero-order chi connectivity index (χ0) is 102. The van der Waals surface area contributed by atoms with Crippen LogP contribution in [0.4, 0.5) is 0 Å². The number of fused-ring (bicyclic) bond motifs is 2. The van der Waals surface area contributed by atoms with Gasteiger partial charge in [-0.3, -0.25) is 86.3 Å². The Kier molecular flexibility index (Phi) is 43.1. The first kappa shape index (κ1) is 110. The van der Waals surface area contributed by atoms with E-state index in [1.54, 1.807) is 105 Å². The number of carbonyl (C=O) groups is 18. The molecule has 4 aromatic carbocycles. The van der Waals surface area contributed by atoms with Crippen LogP contribution in [0.25, 0.3) is 21.8 Å². The lowest BCUT2D eigenvalue weighted by Gasteiger charge is -2.29. The van der Waals surface area contributed by atoms with Crippen LogP contribution in [0.1, 0.15) is 87.5 Å². The van der Waals surface area contributed by atoms with Crippen molar-refractivity contribution in [2.24, 2.45) is 11.7 Å². The molecule has 8 rings (SSSR count). The molecule has 17 amide bonds. The third-order valence-electron chi connectivity index (χ3n) is 21.9. The number of para-hydroxylation sites is 2. The predicted molar refractivity (Wildman–Crippen MR) is 511 cm³/mol. The van der Waals surface area contributed by atoms with Crippen molar-refractivity contribution in [3.05, 3.63) is 174 Å². The molecular weight excluding hydrogens is 1870 g/mol. The summed E-state index contributed by atoms with van der Waals surface area (Å²) in [5.41, 5.74) is 8.74. The Morgan fingerprint density at radius 2 is 0.770 bits per heavy atom. The number of carboxylic acid groups (broad SMARTS) is 1. The number of nitrogens with zero attached hydrogens (tertiary/aromatic N) is 2. The molecule has 49 heteroatoms. The summed E-state index contributed by atoms with van der Waals surface area (Å²) < 4.78 is 0. The lowest BCUT2D eigenvalue weighted by molar-refractivity contribution is -0.139. The Balaban J connectivity index is 1.01. The second-order valence-corrected chi connectivity index (χ2v) is 34.7. The summed E-state index contributed by atoms with van der Waals surface area (Å²) in [5.74, 6) is -20.3. The van der Waals surface area contributed by atoms with Gasteiger partial charge in [-0.2, -0.15) is 37.0 Å². The number of amides is 17. The number of aromatic amines is 4. The lowest BCUT2D eigenvalue weighted by Crippen LogP contribution is -2.63. The van der Waals surface area contributed by atoms with E-state index in [4.69, 9.17) is 5.73 Å². The highest BCUT2D eigenvalue weighted by Gasteiger charge is 2.41. The zero-order valence-corrected chi connectivity index (χ0v) is 79.2. The van der Waals surface area contributed by atoms with Gasteiger partial charge in [-0.1, -0.05) is 92.7 Å². The number of aromatic nitrogens is 6. The van der Waals surface area contributed by atoms with Crippen LogP contribution in [0.5, 0.6) is 5.75 Å². The number of nitrogens with two attached hydrogens (primary N) is 1. The number of phenols is 1. The number of aliphatic carboxylic acids is 1. The summed E-state index contributed by atoms with van der Waals surface area (Å²) in [6.07, 6.45) is 2.93. The maximum Gasteiger partial charge on any atom is 0.303 e. The third-order valence-corrected chi connectivity index (χ3v) is 23.3. The molecule has 748 valence electrons. The number of hydrogen-bond acceptors (Lipinski definition) is 27. The number of aliphatic hydroxyl groups excluding tert-OH is 3. The van der Waals surface area contributed by atoms with Crippen LogP contribution >= 0.6 is 37.0 Å². The number of thioether (sulfide) groups is 1. The van der Waals surface area contributed by atoms with E-state index in [2.05, 4.69) is 140 Å². The number of imidazole rings is 2. The van der Waals surface area contributed by atoms with Crippen LogP contribution in [0.3, 0.4) is 0 Å². The molecule has 8 aromatic rings. The number of hydrogen-bond donors (Lipinski definition) is 28. The molecule has 0 aliphatic carbocycles. The Labute approximate surface area is 811 Å². The van der Waals surface area contributed by atoms with Crippen LogP contribution in [-0.4, -0.2) is 302 Å². The maximum atomic E-state index is 15.3. The van der Waals surface area contributed by atoms with Gasteiger partial charge in [-0.25, -0.2) is 9.97 Å². The number of aromatic hydroxyl groups is 1. The van der Waals surface area contributed by atoms with E-state index < -0.39 is 266 Å². The molecule has 0 aliphatic rings. The van der Waals surface area contributed by atoms with Gasteiger partial charge in [0.2, 0.25) is 100 Å². The van der Waals surface area contributed by atoms with Gasteiger partial charge in [-0.15, -0.1) is 0 Å². The number of primary amides is 1. The topological polar surface area (TPSA) is 716 Å². The highest BCUT2D eigenvalue weighted by molar-refractivity contribution is 7.98. The molecule has 4 heterocycles. The number of H-pyrrole nitrogens is 4. The number of rotatable bonds is 56. The average Bonchev–Trinajstić information content (AvgIpc) is 1.68. The molecule has 27 N–H and O–H groups in total. The van der Waals surface area contributed by atoms with Crippen LogP contribution < -0.4 is 90.8 Å². The quantitative estimate of drug-likeness (QED) is 0.0159. The van der Waals surface area contributed by atoms with E-state index in [9.17, 15) is 97.5 Å². The number of aliphatic hydroxyl groups is 3. The van der Waals surface area contributed by atoms with Crippen LogP contribution in [0.2, 0.25) is 0 Å².